The number of ether oxygens (including phenoxy) is 1. The number of anilines is 1. The molecule has 0 aliphatic carbocycles. The molecule has 4 rings (SSSR count). The zero-order valence-corrected chi connectivity index (χ0v) is 17.8. The Morgan fingerprint density at radius 3 is 2.70 bits per heavy atom. The van der Waals surface area contributed by atoms with E-state index in [9.17, 15) is 10.4 Å². The Morgan fingerprint density at radius 2 is 2.07 bits per heavy atom. The molecule has 9 heteroatoms. The van der Waals surface area contributed by atoms with Crippen molar-refractivity contribution in [3.63, 3.8) is 0 Å². The molecule has 1 saturated heterocycles. The van der Waals surface area contributed by atoms with E-state index in [0.29, 0.717) is 16.8 Å². The molecule has 1 aliphatic heterocycles. The standard InChI is InChI=1S/C21H24N6O2S/c1-21(2,28)14-29-17-9-18(20-16(10-22)12-25-27(20)13-17)15-3-4-19(24-11-15)26-5-7-30(23)8-6-26/h3-4,9,11-13,23,28H,5-8,14H2,1-2H3. The molecule has 0 aromatic carbocycles. The van der Waals surface area contributed by atoms with Gasteiger partial charge >= 0.3 is 0 Å². The van der Waals surface area contributed by atoms with Crippen molar-refractivity contribution in [2.45, 2.75) is 19.4 Å². The van der Waals surface area contributed by atoms with E-state index in [4.69, 9.17) is 9.52 Å². The van der Waals surface area contributed by atoms with Crippen molar-refractivity contribution in [2.75, 3.05) is 36.1 Å². The summed E-state index contributed by atoms with van der Waals surface area (Å²) in [5.74, 6) is 3.21. The van der Waals surface area contributed by atoms with Gasteiger partial charge in [0, 0.05) is 41.9 Å². The van der Waals surface area contributed by atoms with Crippen LogP contribution in [0.3, 0.4) is 0 Å². The van der Waals surface area contributed by atoms with Crippen LogP contribution in [0.25, 0.3) is 16.6 Å². The number of hydrogen-bond donors (Lipinski definition) is 2. The first-order valence-electron chi connectivity index (χ1n) is 9.71. The van der Waals surface area contributed by atoms with Gasteiger partial charge in [-0.1, -0.05) is 0 Å². The maximum absolute atomic E-state index is 9.98. The summed E-state index contributed by atoms with van der Waals surface area (Å²) in [5, 5.41) is 23.8. The Labute approximate surface area is 177 Å². The number of fused-ring (bicyclic) bond motifs is 1. The van der Waals surface area contributed by atoms with Crippen molar-refractivity contribution < 1.29 is 9.84 Å². The van der Waals surface area contributed by atoms with Crippen molar-refractivity contribution >= 4 is 22.0 Å². The first-order chi connectivity index (χ1) is 14.3. The maximum atomic E-state index is 9.98. The fourth-order valence-corrected chi connectivity index (χ4v) is 4.44. The van der Waals surface area contributed by atoms with Crippen LogP contribution in [0.5, 0.6) is 5.75 Å². The second kappa shape index (κ2) is 8.05. The third-order valence-corrected chi connectivity index (χ3v) is 6.25. The van der Waals surface area contributed by atoms with Crippen LogP contribution in [0.15, 0.2) is 36.8 Å². The third-order valence-electron chi connectivity index (χ3n) is 4.90. The lowest BCUT2D eigenvalue weighted by Gasteiger charge is -2.28. The minimum Gasteiger partial charge on any atom is -0.489 e. The van der Waals surface area contributed by atoms with Crippen LogP contribution >= 0.6 is 0 Å². The van der Waals surface area contributed by atoms with Crippen LogP contribution in [0.1, 0.15) is 19.4 Å². The second-order valence-corrected chi connectivity index (χ2v) is 9.75. The van der Waals surface area contributed by atoms with Gasteiger partial charge in [-0.25, -0.2) is 9.50 Å². The minimum atomic E-state index is -0.965. The van der Waals surface area contributed by atoms with Gasteiger partial charge in [-0.15, -0.1) is 10.7 Å². The minimum absolute atomic E-state index is 0.133. The van der Waals surface area contributed by atoms with E-state index in [1.807, 2.05) is 18.2 Å². The van der Waals surface area contributed by atoms with E-state index < -0.39 is 5.60 Å². The highest BCUT2D eigenvalue weighted by molar-refractivity contribution is 7.86. The SMILES string of the molecule is CC(C)(O)COc1cc(-c2ccc(N3CCS(=N)CC3)nc2)c2c(C#N)cnn2c1. The van der Waals surface area contributed by atoms with Gasteiger partial charge in [0.1, 0.15) is 24.2 Å². The summed E-state index contributed by atoms with van der Waals surface area (Å²) in [6.45, 7) is 5.20. The lowest BCUT2D eigenvalue weighted by molar-refractivity contribution is 0.0283. The molecule has 0 bridgehead atoms. The van der Waals surface area contributed by atoms with Crippen molar-refractivity contribution in [1.29, 1.82) is 10.0 Å². The van der Waals surface area contributed by atoms with Crippen LogP contribution in [0.4, 0.5) is 5.82 Å². The molecule has 30 heavy (non-hydrogen) atoms. The van der Waals surface area contributed by atoms with Crippen LogP contribution in [0.2, 0.25) is 0 Å². The zero-order valence-electron chi connectivity index (χ0n) is 17.0. The highest BCUT2D eigenvalue weighted by Crippen LogP contribution is 2.31. The van der Waals surface area contributed by atoms with Gasteiger partial charge in [0.05, 0.1) is 29.1 Å². The van der Waals surface area contributed by atoms with Gasteiger partial charge in [-0.3, -0.25) is 4.78 Å². The number of nitrogens with zero attached hydrogens (tertiary/aromatic N) is 5. The molecule has 0 saturated carbocycles. The summed E-state index contributed by atoms with van der Waals surface area (Å²) < 4.78 is 15.3. The second-order valence-electron chi connectivity index (χ2n) is 7.95. The molecular weight excluding hydrogens is 400 g/mol. The predicted molar refractivity (Wildman–Crippen MR) is 117 cm³/mol. The van der Waals surface area contributed by atoms with Gasteiger partial charge in [-0.05, 0) is 32.0 Å². The van der Waals surface area contributed by atoms with E-state index in [0.717, 1.165) is 41.5 Å². The van der Waals surface area contributed by atoms with E-state index in [2.05, 4.69) is 21.1 Å². The molecule has 0 spiro atoms. The Hall–Kier alpha value is -2.96. The Kier molecular flexibility index (Phi) is 5.45. The molecule has 1 aliphatic rings. The van der Waals surface area contributed by atoms with Gasteiger partial charge in [0.2, 0.25) is 0 Å². The van der Waals surface area contributed by atoms with E-state index in [1.54, 1.807) is 30.8 Å². The maximum Gasteiger partial charge on any atom is 0.138 e. The lowest BCUT2D eigenvalue weighted by atomic mass is 10.1. The average molecular weight is 425 g/mol. The van der Waals surface area contributed by atoms with Crippen LogP contribution in [-0.2, 0) is 10.7 Å². The van der Waals surface area contributed by atoms with Crippen molar-refractivity contribution in [3.8, 4) is 22.9 Å². The number of rotatable bonds is 5. The molecule has 3 aromatic rings. The molecular formula is C21H24N6O2S. The average Bonchev–Trinajstić information content (AvgIpc) is 3.15. The van der Waals surface area contributed by atoms with Crippen molar-refractivity contribution in [1.82, 2.24) is 14.6 Å². The monoisotopic (exact) mass is 424 g/mol. The summed E-state index contributed by atoms with van der Waals surface area (Å²) in [7, 11) is -0.236. The van der Waals surface area contributed by atoms with Crippen LogP contribution in [-0.4, -0.2) is 56.5 Å². The molecule has 0 atom stereocenters. The summed E-state index contributed by atoms with van der Waals surface area (Å²) in [4.78, 5) is 6.85. The molecule has 4 heterocycles. The molecule has 3 aromatic heterocycles. The predicted octanol–water partition coefficient (Wildman–Crippen LogP) is 2.62. The van der Waals surface area contributed by atoms with Crippen LogP contribution in [0, 0.1) is 16.1 Å². The van der Waals surface area contributed by atoms with E-state index in [1.165, 1.54) is 6.20 Å². The zero-order chi connectivity index (χ0) is 21.3. The van der Waals surface area contributed by atoms with E-state index in [-0.39, 0.29) is 17.3 Å². The van der Waals surface area contributed by atoms with Crippen molar-refractivity contribution in [2.24, 2.45) is 0 Å². The smallest absolute Gasteiger partial charge is 0.138 e. The number of aliphatic hydroxyl groups is 1. The van der Waals surface area contributed by atoms with Gasteiger partial charge in [0.25, 0.3) is 0 Å². The number of hydrogen-bond acceptors (Lipinski definition) is 7. The first kappa shape index (κ1) is 20.3. The molecule has 0 unspecified atom stereocenters. The summed E-state index contributed by atoms with van der Waals surface area (Å²) in [5.41, 5.74) is 1.85. The summed E-state index contributed by atoms with van der Waals surface area (Å²) in [6, 6.07) is 8.01. The highest BCUT2D eigenvalue weighted by atomic mass is 32.2. The Morgan fingerprint density at radius 1 is 1.30 bits per heavy atom. The number of pyridine rings is 2. The quantitative estimate of drug-likeness (QED) is 0.651. The number of nitriles is 1. The van der Waals surface area contributed by atoms with Gasteiger partial charge < -0.3 is 14.7 Å². The molecule has 0 radical (unpaired) electrons. The number of aromatic nitrogens is 3. The van der Waals surface area contributed by atoms with Gasteiger partial charge in [0.15, 0.2) is 0 Å². The summed E-state index contributed by atoms with van der Waals surface area (Å²) >= 11 is 0. The Balaban J connectivity index is 1.70. The summed E-state index contributed by atoms with van der Waals surface area (Å²) in [6.07, 6.45) is 5.04. The number of nitrogens with one attached hydrogen (secondary N) is 1. The molecule has 2 N–H and O–H groups in total. The largest absolute Gasteiger partial charge is 0.489 e. The fourth-order valence-electron chi connectivity index (χ4n) is 3.35. The molecule has 0 amide bonds. The molecule has 8 nitrogen and oxygen atoms in total. The lowest BCUT2D eigenvalue weighted by Crippen LogP contribution is -2.37. The normalized spacial score (nSPS) is 15.3. The fraction of sp³-hybridized carbons (Fsp3) is 0.381. The van der Waals surface area contributed by atoms with Gasteiger partial charge in [-0.2, -0.15) is 10.4 Å². The Bertz CT molecular complexity index is 1120. The van der Waals surface area contributed by atoms with E-state index >= 15 is 0 Å². The highest BCUT2D eigenvalue weighted by Gasteiger charge is 2.18. The molecule has 1 fully saturated rings. The molecule has 156 valence electrons. The van der Waals surface area contributed by atoms with Crippen LogP contribution < -0.4 is 9.64 Å². The van der Waals surface area contributed by atoms with Crippen molar-refractivity contribution in [3.05, 3.63) is 42.4 Å². The topological polar surface area (TPSA) is 111 Å². The first-order valence-corrected chi connectivity index (χ1v) is 11.3. The third kappa shape index (κ3) is 4.30.